The Morgan fingerprint density at radius 3 is 2.38 bits per heavy atom. The fraction of sp³-hybridized carbons (Fsp3) is 0.389. The molecule has 3 nitrogen and oxygen atoms in total. The van der Waals surface area contributed by atoms with Crippen LogP contribution >= 0.6 is 0 Å². The van der Waals surface area contributed by atoms with Gasteiger partial charge in [-0.3, -0.25) is 0 Å². The van der Waals surface area contributed by atoms with Crippen LogP contribution in [0.4, 0.5) is 5.69 Å². The van der Waals surface area contributed by atoms with Crippen LogP contribution < -0.4 is 4.90 Å². The lowest BCUT2D eigenvalue weighted by molar-refractivity contribution is 0.0699. The van der Waals surface area contributed by atoms with Crippen molar-refractivity contribution in [3.05, 3.63) is 42.0 Å². The molecule has 0 heterocycles. The molecule has 0 aliphatic carbocycles. The molecule has 0 bridgehead atoms. The SMILES string of the molecule is CCC(C)CN(CC)c1ccc(C(=O)O)c2ccccc12. The molecule has 1 N–H and O–H groups in total. The Balaban J connectivity index is 2.54. The molecule has 21 heavy (non-hydrogen) atoms. The molecular formula is C18H23NO2. The zero-order chi connectivity index (χ0) is 15.4. The molecule has 0 radical (unpaired) electrons. The Bertz CT molecular complexity index is 636. The van der Waals surface area contributed by atoms with E-state index in [1.54, 1.807) is 6.07 Å². The van der Waals surface area contributed by atoms with Crippen molar-refractivity contribution in [1.29, 1.82) is 0 Å². The monoisotopic (exact) mass is 285 g/mol. The highest BCUT2D eigenvalue weighted by Gasteiger charge is 2.15. The highest BCUT2D eigenvalue weighted by atomic mass is 16.4. The van der Waals surface area contributed by atoms with Crippen LogP contribution in [0.1, 0.15) is 37.6 Å². The minimum Gasteiger partial charge on any atom is -0.478 e. The van der Waals surface area contributed by atoms with Gasteiger partial charge in [-0.05, 0) is 30.4 Å². The standard InChI is InChI=1S/C18H23NO2/c1-4-13(3)12-19(5-2)17-11-10-16(18(20)21)14-8-6-7-9-15(14)17/h6-11,13H,4-5,12H2,1-3H3,(H,20,21). The van der Waals surface area contributed by atoms with Gasteiger partial charge in [-0.1, -0.05) is 44.5 Å². The molecule has 1 atom stereocenters. The normalized spacial score (nSPS) is 12.3. The van der Waals surface area contributed by atoms with Gasteiger partial charge in [0.25, 0.3) is 0 Å². The van der Waals surface area contributed by atoms with E-state index in [0.717, 1.165) is 36.0 Å². The molecule has 3 heteroatoms. The average Bonchev–Trinajstić information content (AvgIpc) is 2.51. The maximum absolute atomic E-state index is 11.4. The van der Waals surface area contributed by atoms with Gasteiger partial charge in [-0.25, -0.2) is 4.79 Å². The minimum absolute atomic E-state index is 0.369. The van der Waals surface area contributed by atoms with Crippen molar-refractivity contribution in [2.45, 2.75) is 27.2 Å². The summed E-state index contributed by atoms with van der Waals surface area (Å²) < 4.78 is 0. The van der Waals surface area contributed by atoms with E-state index in [9.17, 15) is 9.90 Å². The maximum Gasteiger partial charge on any atom is 0.336 e. The van der Waals surface area contributed by atoms with Crippen LogP contribution in [0, 0.1) is 5.92 Å². The van der Waals surface area contributed by atoms with E-state index in [4.69, 9.17) is 0 Å². The second-order valence-electron chi connectivity index (χ2n) is 5.54. The second kappa shape index (κ2) is 6.61. The third kappa shape index (κ3) is 3.18. The van der Waals surface area contributed by atoms with Gasteiger partial charge in [0.05, 0.1) is 5.56 Å². The number of carbonyl (C=O) groups is 1. The van der Waals surface area contributed by atoms with Crippen LogP contribution in [0.25, 0.3) is 10.8 Å². The third-order valence-electron chi connectivity index (χ3n) is 4.08. The topological polar surface area (TPSA) is 40.5 Å². The molecule has 1 unspecified atom stereocenters. The zero-order valence-electron chi connectivity index (χ0n) is 13.0. The highest BCUT2D eigenvalue weighted by molar-refractivity contribution is 6.07. The van der Waals surface area contributed by atoms with Gasteiger partial charge in [-0.15, -0.1) is 0 Å². The molecule has 0 saturated carbocycles. The van der Waals surface area contributed by atoms with Crippen molar-refractivity contribution < 1.29 is 9.90 Å². The lowest BCUT2D eigenvalue weighted by Gasteiger charge is -2.27. The molecule has 0 amide bonds. The number of hydrogen-bond donors (Lipinski definition) is 1. The molecule has 0 fully saturated rings. The van der Waals surface area contributed by atoms with Gasteiger partial charge < -0.3 is 10.0 Å². The smallest absolute Gasteiger partial charge is 0.336 e. The van der Waals surface area contributed by atoms with E-state index in [1.165, 1.54) is 0 Å². The number of benzene rings is 2. The molecule has 0 aliphatic heterocycles. The van der Waals surface area contributed by atoms with E-state index in [0.29, 0.717) is 11.5 Å². The van der Waals surface area contributed by atoms with E-state index in [-0.39, 0.29) is 0 Å². The summed E-state index contributed by atoms with van der Waals surface area (Å²) >= 11 is 0. The van der Waals surface area contributed by atoms with Crippen LogP contribution in [0.15, 0.2) is 36.4 Å². The first-order valence-electron chi connectivity index (χ1n) is 7.58. The van der Waals surface area contributed by atoms with Gasteiger partial charge in [-0.2, -0.15) is 0 Å². The predicted molar refractivity (Wildman–Crippen MR) is 88.2 cm³/mol. The van der Waals surface area contributed by atoms with Crippen molar-refractivity contribution in [2.75, 3.05) is 18.0 Å². The number of carboxylic acids is 1. The fourth-order valence-electron chi connectivity index (χ4n) is 2.65. The quantitative estimate of drug-likeness (QED) is 0.854. The summed E-state index contributed by atoms with van der Waals surface area (Å²) in [6.45, 7) is 8.49. The summed E-state index contributed by atoms with van der Waals surface area (Å²) in [6.07, 6.45) is 1.14. The predicted octanol–water partition coefficient (Wildman–Crippen LogP) is 4.41. The fourth-order valence-corrected chi connectivity index (χ4v) is 2.65. The molecule has 112 valence electrons. The van der Waals surface area contributed by atoms with Crippen LogP contribution in [0.5, 0.6) is 0 Å². The maximum atomic E-state index is 11.4. The molecular weight excluding hydrogens is 262 g/mol. The molecule has 2 rings (SSSR count). The van der Waals surface area contributed by atoms with E-state index >= 15 is 0 Å². The van der Waals surface area contributed by atoms with E-state index < -0.39 is 5.97 Å². The number of aromatic carboxylic acids is 1. The number of hydrogen-bond acceptors (Lipinski definition) is 2. The van der Waals surface area contributed by atoms with Gasteiger partial charge in [0.1, 0.15) is 0 Å². The van der Waals surface area contributed by atoms with Crippen molar-refractivity contribution in [2.24, 2.45) is 5.92 Å². The molecule has 2 aromatic carbocycles. The molecule has 0 spiro atoms. The second-order valence-corrected chi connectivity index (χ2v) is 5.54. The minimum atomic E-state index is -0.872. The Kier molecular flexibility index (Phi) is 4.84. The number of anilines is 1. The summed E-state index contributed by atoms with van der Waals surface area (Å²) in [5, 5.41) is 11.2. The summed E-state index contributed by atoms with van der Waals surface area (Å²) in [6, 6.07) is 11.4. The largest absolute Gasteiger partial charge is 0.478 e. The van der Waals surface area contributed by atoms with Gasteiger partial charge >= 0.3 is 5.97 Å². The number of rotatable bonds is 6. The number of carboxylic acid groups (broad SMARTS) is 1. The van der Waals surface area contributed by atoms with Crippen molar-refractivity contribution in [1.82, 2.24) is 0 Å². The average molecular weight is 285 g/mol. The molecule has 2 aromatic rings. The first-order valence-corrected chi connectivity index (χ1v) is 7.58. The number of nitrogens with zero attached hydrogens (tertiary/aromatic N) is 1. The molecule has 0 aliphatic rings. The molecule has 0 aromatic heterocycles. The van der Waals surface area contributed by atoms with Crippen LogP contribution in [-0.4, -0.2) is 24.2 Å². The van der Waals surface area contributed by atoms with E-state index in [1.807, 2.05) is 30.3 Å². The highest BCUT2D eigenvalue weighted by Crippen LogP contribution is 2.30. The summed E-state index contributed by atoms with van der Waals surface area (Å²) in [7, 11) is 0. The summed E-state index contributed by atoms with van der Waals surface area (Å²) in [4.78, 5) is 13.7. The van der Waals surface area contributed by atoms with Crippen molar-refractivity contribution >= 4 is 22.4 Å². The summed E-state index contributed by atoms with van der Waals surface area (Å²) in [5.41, 5.74) is 1.49. The Morgan fingerprint density at radius 2 is 1.81 bits per heavy atom. The van der Waals surface area contributed by atoms with Crippen molar-refractivity contribution in [3.8, 4) is 0 Å². The summed E-state index contributed by atoms with van der Waals surface area (Å²) in [5.74, 6) is -0.259. The Hall–Kier alpha value is -2.03. The number of fused-ring (bicyclic) bond motifs is 1. The lowest BCUT2D eigenvalue weighted by atomic mass is 10.0. The first-order chi connectivity index (χ1) is 10.1. The van der Waals surface area contributed by atoms with Crippen molar-refractivity contribution in [3.63, 3.8) is 0 Å². The first kappa shape index (κ1) is 15.4. The van der Waals surface area contributed by atoms with E-state index in [2.05, 4.69) is 25.7 Å². The lowest BCUT2D eigenvalue weighted by Crippen LogP contribution is -2.28. The van der Waals surface area contributed by atoms with Gasteiger partial charge in [0.15, 0.2) is 0 Å². The zero-order valence-corrected chi connectivity index (χ0v) is 13.0. The van der Waals surface area contributed by atoms with Crippen LogP contribution in [0.3, 0.4) is 0 Å². The molecule has 0 saturated heterocycles. The Labute approximate surface area is 126 Å². The Morgan fingerprint density at radius 1 is 1.14 bits per heavy atom. The van der Waals surface area contributed by atoms with Crippen LogP contribution in [0.2, 0.25) is 0 Å². The van der Waals surface area contributed by atoms with Gasteiger partial charge in [0.2, 0.25) is 0 Å². The van der Waals surface area contributed by atoms with Gasteiger partial charge in [0, 0.05) is 24.2 Å². The van der Waals surface area contributed by atoms with Crippen LogP contribution in [-0.2, 0) is 0 Å². The third-order valence-corrected chi connectivity index (χ3v) is 4.08.